The zero-order valence-electron chi connectivity index (χ0n) is 59.0. The third-order valence-corrected chi connectivity index (χ3v) is 19.3. The van der Waals surface area contributed by atoms with Crippen LogP contribution in [-0.2, 0) is 63.4 Å². The Bertz CT molecular complexity index is 4490. The summed E-state index contributed by atoms with van der Waals surface area (Å²) in [5.74, 6) is 0.286. The van der Waals surface area contributed by atoms with Gasteiger partial charge in [-0.25, -0.2) is 0 Å². The van der Waals surface area contributed by atoms with Gasteiger partial charge in [0.25, 0.3) is 0 Å². The molecule has 2 aliphatic rings. The first-order valence-electron chi connectivity index (χ1n) is 33.7. The molecule has 467 valence electrons. The van der Waals surface area contributed by atoms with Crippen LogP contribution in [0, 0.1) is 51.5 Å². The third kappa shape index (κ3) is 13.7. The molecule has 0 bridgehead atoms. The maximum Gasteiger partial charge on any atom is 0.164 e. The van der Waals surface area contributed by atoms with Gasteiger partial charge in [-0.1, -0.05) is 231 Å². The van der Waals surface area contributed by atoms with Crippen LogP contribution in [0.1, 0.15) is 203 Å². The van der Waals surface area contributed by atoms with Gasteiger partial charge in [0.1, 0.15) is 5.76 Å². The van der Waals surface area contributed by atoms with Gasteiger partial charge < -0.3 is 5.11 Å². The number of hydrogen-bond donors (Lipinski definition) is 1. The van der Waals surface area contributed by atoms with E-state index in [1.165, 1.54) is 99.2 Å². The summed E-state index contributed by atoms with van der Waals surface area (Å²) in [6, 6.07) is 45.1. The molecule has 0 amide bonds. The predicted molar refractivity (Wildman–Crippen MR) is 378 cm³/mol. The van der Waals surface area contributed by atoms with Crippen LogP contribution >= 0.6 is 0 Å². The number of allylic oxidation sites excluding steroid dienone is 2. The van der Waals surface area contributed by atoms with Gasteiger partial charge in [0, 0.05) is 60.7 Å². The van der Waals surface area contributed by atoms with E-state index in [-0.39, 0.29) is 64.1 Å². The third-order valence-electron chi connectivity index (χ3n) is 19.3. The minimum absolute atomic E-state index is 0. The van der Waals surface area contributed by atoms with Gasteiger partial charge in [0.2, 0.25) is 0 Å². The first kappa shape index (κ1) is 64.0. The Hall–Kier alpha value is -6.52. The second-order valence-corrected chi connectivity index (χ2v) is 31.4. The molecule has 0 saturated heterocycles. The number of pyridine rings is 2. The summed E-state index contributed by atoms with van der Waals surface area (Å²) in [6.07, 6.45) is 11.2. The zero-order valence-corrected chi connectivity index (χ0v) is 59.4. The molecule has 2 heterocycles. The average Bonchev–Trinajstić information content (AvgIpc) is 0.728. The number of ketones is 1. The van der Waals surface area contributed by atoms with Crippen molar-refractivity contribution in [3.8, 4) is 22.5 Å². The number of aliphatic hydroxyl groups excluding tert-OH is 1. The first-order chi connectivity index (χ1) is 42.2. The first-order valence-corrected chi connectivity index (χ1v) is 32.7. The van der Waals surface area contributed by atoms with Crippen molar-refractivity contribution >= 4 is 70.4 Å². The van der Waals surface area contributed by atoms with Crippen LogP contribution in [0.4, 0.5) is 0 Å². The quantitative estimate of drug-likeness (QED) is 0.0607. The Balaban J connectivity index is 0.000000172. The minimum Gasteiger partial charge on any atom is -0.512 e. The van der Waals surface area contributed by atoms with E-state index in [2.05, 4.69) is 193 Å². The maximum absolute atomic E-state index is 12.2. The molecule has 4 nitrogen and oxygen atoms in total. The van der Waals surface area contributed by atoms with E-state index in [1.807, 2.05) is 53.7 Å². The Labute approximate surface area is 550 Å². The molecule has 0 atom stereocenters. The van der Waals surface area contributed by atoms with E-state index in [1.54, 1.807) is 0 Å². The van der Waals surface area contributed by atoms with Crippen molar-refractivity contribution in [2.45, 2.75) is 196 Å². The summed E-state index contributed by atoms with van der Waals surface area (Å²) >= 11 is 0. The van der Waals surface area contributed by atoms with Crippen LogP contribution in [0.3, 0.4) is 0 Å². The van der Waals surface area contributed by atoms with Crippen molar-refractivity contribution < 1.29 is 32.7 Å². The summed E-state index contributed by atoms with van der Waals surface area (Å²) in [4.78, 5) is 21.9. The number of aliphatic hydroxyl groups is 1. The van der Waals surface area contributed by atoms with Crippen LogP contribution in [-0.4, -0.2) is 20.9 Å². The molecule has 1 N–H and O–H groups in total. The van der Waals surface area contributed by atoms with Crippen molar-refractivity contribution in [3.05, 3.63) is 190 Å². The minimum atomic E-state index is -0.337. The second kappa shape index (κ2) is 25.3. The Morgan fingerprint density at radius 1 is 0.494 bits per heavy atom. The van der Waals surface area contributed by atoms with Crippen molar-refractivity contribution in [3.63, 3.8) is 0 Å². The smallest absolute Gasteiger partial charge is 0.164 e. The van der Waals surface area contributed by atoms with E-state index >= 15 is 0 Å². The summed E-state index contributed by atoms with van der Waals surface area (Å²) in [6.45, 7) is 42.0. The summed E-state index contributed by atoms with van der Waals surface area (Å²) in [5, 5.41) is 24.8. The van der Waals surface area contributed by atoms with E-state index in [0.717, 1.165) is 108 Å². The summed E-state index contributed by atoms with van der Waals surface area (Å²) in [5.41, 5.74) is 16.3. The van der Waals surface area contributed by atoms with E-state index in [0.29, 0.717) is 12.3 Å². The van der Waals surface area contributed by atoms with Crippen LogP contribution in [0.2, 0.25) is 0 Å². The van der Waals surface area contributed by atoms with Gasteiger partial charge in [-0.2, -0.15) is 0 Å². The number of hydrogen-bond acceptors (Lipinski definition) is 4. The number of aromatic nitrogens is 2. The predicted octanol–water partition coefficient (Wildman–Crippen LogP) is 23.1. The molecule has 8 aromatic carbocycles. The topological polar surface area (TPSA) is 63.1 Å². The zero-order chi connectivity index (χ0) is 65.4. The number of carbonyl (C=O) groups excluding carboxylic acids is 1. The Morgan fingerprint density at radius 2 is 0.910 bits per heavy atom. The molecule has 89 heavy (non-hydrogen) atoms. The molecule has 0 aliphatic heterocycles. The monoisotopic (exact) mass is 1360 g/mol. The van der Waals surface area contributed by atoms with Gasteiger partial charge in [0.15, 0.2) is 5.78 Å². The van der Waals surface area contributed by atoms with E-state index in [9.17, 15) is 9.90 Å². The van der Waals surface area contributed by atoms with Gasteiger partial charge in [0.05, 0.1) is 2.74 Å². The van der Waals surface area contributed by atoms with Crippen molar-refractivity contribution in [1.29, 1.82) is 0 Å². The molecule has 12 rings (SSSR count). The molecule has 2 aliphatic carbocycles. The fourth-order valence-corrected chi connectivity index (χ4v) is 13.8. The molecular formula is C84H98IrN2O2-2. The van der Waals surface area contributed by atoms with Gasteiger partial charge in [-0.05, 0) is 170 Å². The SMILES string of the molecule is CCC(C)(CC)C(=O)/C=C(\O)C(C)(CC)CC.[2H]c1cc2c3c(cc4c(CC(C)(C)C)cccc42)Cc2c([c-]c4cc(C)ccc4c2CC(C)(C)C)-c3n1.[2H]c1cc2c3c(cc4c(CC(C)(C)C)cccc42)Cc2c([c-]c4ccccc4c2CC(C)(C)C)-c3n1.[Ir]. The van der Waals surface area contributed by atoms with E-state index in [4.69, 9.17) is 12.7 Å². The van der Waals surface area contributed by atoms with Gasteiger partial charge >= 0.3 is 0 Å². The number of aryl methyl sites for hydroxylation is 1. The molecule has 5 heteroatoms. The summed E-state index contributed by atoms with van der Waals surface area (Å²) < 4.78 is 17.4. The largest absolute Gasteiger partial charge is 0.512 e. The van der Waals surface area contributed by atoms with Crippen molar-refractivity contribution in [1.82, 2.24) is 9.97 Å². The number of carbonyl (C=O) groups is 1. The normalized spacial score (nSPS) is 13.8. The fraction of sp³-hybridized carbons (Fsp3) is 0.417. The van der Waals surface area contributed by atoms with Crippen LogP contribution in [0.25, 0.3) is 87.1 Å². The summed E-state index contributed by atoms with van der Waals surface area (Å²) in [7, 11) is 0. The van der Waals surface area contributed by atoms with Crippen LogP contribution < -0.4 is 0 Å². The number of benzene rings is 8. The molecule has 2 aromatic heterocycles. The molecule has 10 aromatic rings. The number of rotatable bonds is 11. The molecule has 0 unspecified atom stereocenters. The van der Waals surface area contributed by atoms with Crippen LogP contribution in [0.5, 0.6) is 0 Å². The number of nitrogens with zero attached hydrogens (tertiary/aromatic N) is 2. The standard InChI is InChI=1S/C35H36N.C34H34N.C15H28O2.Ir/c1-21-11-12-25-23(15-21)16-30-29(31(25)20-35(5,6)7)18-24-17-28-22(19-34(2,3)4)9-8-10-26(28)27-13-14-36-33(30)32(24)27;1-33(2,3)19-22-11-9-13-25-26-14-15-35-32-29-16-21-10-7-8-12-24(21)30(20-34(4,5)6)28(29)18-23(31(26)32)17-27(22)25;1-7-14(5,8-2)12(16)11-13(17)15(6,9-3)10-4;/h8-15,17H,18-20H2,1-7H3;7-15,17H,18-20H2,1-6H3;11,16H,7-10H2,1-6H3;/q2*-1;;/b;;12-11-;/i14D;15D;;. The Kier molecular flexibility index (Phi) is 18.2. The average molecular weight is 1360 g/mol. The second-order valence-electron chi connectivity index (χ2n) is 31.4. The molecule has 0 fully saturated rings. The molecule has 1 radical (unpaired) electrons. The van der Waals surface area contributed by atoms with Crippen LogP contribution in [0.15, 0.2) is 127 Å². The van der Waals surface area contributed by atoms with Gasteiger partial charge in [-0.15, -0.1) is 57.3 Å². The van der Waals surface area contributed by atoms with E-state index < -0.39 is 0 Å². The van der Waals surface area contributed by atoms with Gasteiger partial charge in [-0.3, -0.25) is 14.8 Å². The molecular weight excluding hydrogens is 1260 g/mol. The van der Waals surface area contributed by atoms with Crippen molar-refractivity contribution in [2.24, 2.45) is 32.5 Å². The number of fused-ring (bicyclic) bond motifs is 10. The molecule has 0 saturated carbocycles. The van der Waals surface area contributed by atoms with Crippen molar-refractivity contribution in [2.75, 3.05) is 0 Å². The maximum atomic E-state index is 12.2. The fourth-order valence-electron chi connectivity index (χ4n) is 13.8. The Morgan fingerprint density at radius 3 is 1.35 bits per heavy atom. The molecule has 0 spiro atoms.